The minimum Gasteiger partial charge on any atom is -0.465 e. The van der Waals surface area contributed by atoms with Gasteiger partial charge < -0.3 is 47.4 Å². The van der Waals surface area contributed by atoms with Gasteiger partial charge in [-0.3, -0.25) is 0 Å². The Morgan fingerprint density at radius 3 is 0.369 bits per heavy atom. The van der Waals surface area contributed by atoms with Gasteiger partial charge >= 0.3 is 0 Å². The van der Waals surface area contributed by atoms with Gasteiger partial charge in [0, 0.05) is 87.7 Å². The lowest BCUT2D eigenvalue weighted by Gasteiger charge is -2.20. The van der Waals surface area contributed by atoms with Gasteiger partial charge in [0.2, 0.25) is 0 Å². The number of ether oxygens (including phenoxy) is 10. The maximum absolute atomic E-state index is 6.08. The fourth-order valence-corrected chi connectivity index (χ4v) is 7.62. The quantitative estimate of drug-likeness (QED) is 0.0691. The van der Waals surface area contributed by atoms with Crippen molar-refractivity contribution in [1.29, 1.82) is 0 Å². The van der Waals surface area contributed by atoms with Gasteiger partial charge in [0.1, 0.15) is 57.5 Å². The van der Waals surface area contributed by atoms with E-state index in [2.05, 4.69) is 65.8 Å². The maximum Gasteiger partial charge on any atom is 0.130 e. The molecule has 0 N–H and O–H groups in total. The number of rotatable bonds is 20. The van der Waals surface area contributed by atoms with E-state index in [0.29, 0.717) is 89.6 Å². The minimum atomic E-state index is 0.302. The second-order valence-electron chi connectivity index (χ2n) is 14.1. The van der Waals surface area contributed by atoms with Gasteiger partial charge in [0.05, 0.1) is 62.6 Å². The largest absolute Gasteiger partial charge is 0.465 e. The lowest BCUT2D eigenvalue weighted by Crippen LogP contribution is -2.04. The van der Waals surface area contributed by atoms with Crippen molar-refractivity contribution in [3.05, 3.63) is 245 Å². The van der Waals surface area contributed by atoms with Crippen LogP contribution in [0.4, 0.5) is 0 Å². The summed E-state index contributed by atoms with van der Waals surface area (Å²) in [7, 11) is 0. The van der Waals surface area contributed by atoms with Gasteiger partial charge in [-0.15, -0.1) is 0 Å². The van der Waals surface area contributed by atoms with E-state index in [-0.39, 0.29) is 0 Å². The Morgan fingerprint density at radius 1 is 0.200 bits per heavy atom. The van der Waals surface area contributed by atoms with Crippen LogP contribution in [0.2, 0.25) is 0 Å². The molecule has 0 atom stereocenters. The molecule has 330 valence electrons. The molecule has 15 rings (SSSR count). The van der Waals surface area contributed by atoms with E-state index in [1.807, 2.05) is 60.7 Å². The fourth-order valence-electron chi connectivity index (χ4n) is 7.62. The second-order valence-corrected chi connectivity index (χ2v) is 14.1. The zero-order chi connectivity index (χ0) is 46.3. The summed E-state index contributed by atoms with van der Waals surface area (Å²) >= 11 is 0. The first-order valence-corrected chi connectivity index (χ1v) is 20.3. The Labute approximate surface area is 380 Å². The van der Waals surface area contributed by atoms with Crippen LogP contribution in [-0.4, -0.2) is 0 Å². The van der Waals surface area contributed by atoms with Gasteiger partial charge in [-0.25, -0.2) is 0 Å². The molecule has 5 aromatic carbocycles. The van der Waals surface area contributed by atoms with Crippen LogP contribution in [0.25, 0.3) is 0 Å². The molecule has 10 nitrogen and oxygen atoms in total. The molecule has 0 amide bonds. The van der Waals surface area contributed by atoms with Crippen LogP contribution in [0, 0.1) is 0 Å². The molecule has 0 spiro atoms. The third-order valence-corrected chi connectivity index (χ3v) is 10.2. The lowest BCUT2D eigenvalue weighted by molar-refractivity contribution is 0.452. The molecule has 0 aromatic heterocycles. The van der Waals surface area contributed by atoms with Crippen molar-refractivity contribution in [2.45, 2.75) is 32.1 Å². The predicted molar refractivity (Wildman–Crippen MR) is 254 cm³/mol. The number of benzene rings is 5. The molecule has 0 saturated heterocycles. The summed E-state index contributed by atoms with van der Waals surface area (Å²) in [5, 5.41) is 0. The third-order valence-electron chi connectivity index (χ3n) is 10.2. The standard InChI is InChI=1S/C55H50O10/c1-11-56-46-26-37-22-39-29-51(61-16-6)41(31-50(39)60-15-5)24-43-33-55(65-20-10)45(35-54(43)64-19-9)25-44-34-52(62-17-7)42(32-53(44)63-18-8)23-40-30-48(58-13-3)38(28-49(40)59-14-4)21-36(46)27-47(37)57-12-2/h11-20,26-35H,1-10,21-25H2. The van der Waals surface area contributed by atoms with Gasteiger partial charge in [-0.2, -0.15) is 0 Å². The molecule has 0 unspecified atom stereocenters. The Hall–Kier alpha value is -8.50. The maximum atomic E-state index is 6.08. The monoisotopic (exact) mass is 870 g/mol. The number of hydrogen-bond acceptors (Lipinski definition) is 10. The molecule has 0 radical (unpaired) electrons. The molecule has 0 saturated carbocycles. The van der Waals surface area contributed by atoms with Crippen molar-refractivity contribution in [3.8, 4) is 57.5 Å². The van der Waals surface area contributed by atoms with Gasteiger partial charge in [-0.1, -0.05) is 65.8 Å². The van der Waals surface area contributed by atoms with E-state index in [9.17, 15) is 0 Å². The molecular weight excluding hydrogens is 821 g/mol. The zero-order valence-corrected chi connectivity index (χ0v) is 36.2. The van der Waals surface area contributed by atoms with E-state index in [1.165, 1.54) is 62.6 Å². The normalized spacial score (nSPS) is 11.4. The SMILES string of the molecule is C=COc1cc2c(OC=C)cc1Cc1cc(OC=C)c(cc1OC=C)Cc1cc(OC=C)c(cc1OC=C)Cc1cc(OC=C)c(cc1OC=C)Cc1cc(OC=C)c(cc1OC=C)C2. The van der Waals surface area contributed by atoms with Gasteiger partial charge in [-0.05, 0) is 60.7 Å². The van der Waals surface area contributed by atoms with Crippen LogP contribution in [0.3, 0.4) is 0 Å². The second kappa shape index (κ2) is 22.0. The van der Waals surface area contributed by atoms with Crippen molar-refractivity contribution in [1.82, 2.24) is 0 Å². The van der Waals surface area contributed by atoms with Crippen LogP contribution in [0.15, 0.2) is 189 Å². The predicted octanol–water partition coefficient (Wildman–Crippen LogP) is 13.2. The Kier molecular flexibility index (Phi) is 15.6. The Bertz CT molecular complexity index is 2080. The average molecular weight is 871 g/mol. The van der Waals surface area contributed by atoms with Crippen LogP contribution in [0.1, 0.15) is 55.6 Å². The summed E-state index contributed by atoms with van der Waals surface area (Å²) in [4.78, 5) is 0. The van der Waals surface area contributed by atoms with Crippen LogP contribution < -0.4 is 47.4 Å². The van der Waals surface area contributed by atoms with E-state index in [1.54, 1.807) is 0 Å². The highest BCUT2D eigenvalue weighted by molar-refractivity contribution is 5.60. The fraction of sp³-hybridized carbons (Fsp3) is 0.0909. The molecule has 10 aliphatic rings. The molecule has 0 heterocycles. The summed E-state index contributed by atoms with van der Waals surface area (Å²) in [6.45, 7) is 38.5. The lowest BCUT2D eigenvalue weighted by atomic mass is 9.94. The Balaban J connectivity index is 1.70. The highest BCUT2D eigenvalue weighted by Gasteiger charge is 2.24. The summed E-state index contributed by atoms with van der Waals surface area (Å²) in [5.74, 6) is 5.13. The van der Waals surface area contributed by atoms with E-state index >= 15 is 0 Å². The molecule has 10 aliphatic carbocycles. The van der Waals surface area contributed by atoms with E-state index in [4.69, 9.17) is 47.4 Å². The highest BCUT2D eigenvalue weighted by Crippen LogP contribution is 2.43. The zero-order valence-electron chi connectivity index (χ0n) is 36.2. The minimum absolute atomic E-state index is 0.302. The molecule has 10 bridgehead atoms. The van der Waals surface area contributed by atoms with E-state index in [0.717, 1.165) is 55.6 Å². The summed E-state index contributed by atoms with van der Waals surface area (Å²) < 4.78 is 60.8. The average Bonchev–Trinajstić information content (AvgIpc) is 3.28. The van der Waals surface area contributed by atoms with Gasteiger partial charge in [0.25, 0.3) is 0 Å². The third kappa shape index (κ3) is 10.8. The molecule has 0 aliphatic heterocycles. The van der Waals surface area contributed by atoms with Gasteiger partial charge in [0.15, 0.2) is 0 Å². The first-order chi connectivity index (χ1) is 31.7. The summed E-state index contributed by atoms with van der Waals surface area (Å²) in [6.07, 6.45) is 15.1. The molecule has 65 heavy (non-hydrogen) atoms. The smallest absolute Gasteiger partial charge is 0.130 e. The van der Waals surface area contributed by atoms with Crippen molar-refractivity contribution in [2.24, 2.45) is 0 Å². The molecule has 10 heteroatoms. The van der Waals surface area contributed by atoms with Crippen molar-refractivity contribution < 1.29 is 47.4 Å². The number of hydrogen-bond donors (Lipinski definition) is 0. The Morgan fingerprint density at radius 2 is 0.292 bits per heavy atom. The first-order valence-electron chi connectivity index (χ1n) is 20.3. The molecule has 5 aromatic rings. The summed E-state index contributed by atoms with van der Waals surface area (Å²) in [5.41, 5.74) is 7.38. The summed E-state index contributed by atoms with van der Waals surface area (Å²) in [6, 6.07) is 18.8. The molecular formula is C55H50O10. The topological polar surface area (TPSA) is 92.3 Å². The first kappa shape index (κ1) is 46.0. The molecule has 0 fully saturated rings. The van der Waals surface area contributed by atoms with Crippen LogP contribution >= 0.6 is 0 Å². The van der Waals surface area contributed by atoms with Crippen molar-refractivity contribution in [3.63, 3.8) is 0 Å². The van der Waals surface area contributed by atoms with Crippen molar-refractivity contribution in [2.75, 3.05) is 0 Å². The van der Waals surface area contributed by atoms with Crippen LogP contribution in [-0.2, 0) is 32.1 Å². The highest BCUT2D eigenvalue weighted by atomic mass is 16.5. The van der Waals surface area contributed by atoms with E-state index < -0.39 is 0 Å². The van der Waals surface area contributed by atoms with Crippen molar-refractivity contribution >= 4 is 0 Å². The van der Waals surface area contributed by atoms with Crippen LogP contribution in [0.5, 0.6) is 57.5 Å².